The first-order valence-corrected chi connectivity index (χ1v) is 12.3. The van der Waals surface area contributed by atoms with Crippen LogP contribution in [0.15, 0.2) is 29.3 Å². The summed E-state index contributed by atoms with van der Waals surface area (Å²) in [5.74, 6) is 2.11. The van der Waals surface area contributed by atoms with E-state index in [4.69, 9.17) is 4.99 Å². The molecule has 6 nitrogen and oxygen atoms in total. The van der Waals surface area contributed by atoms with Gasteiger partial charge >= 0.3 is 0 Å². The molecule has 1 aliphatic carbocycles. The van der Waals surface area contributed by atoms with Crippen LogP contribution in [-0.4, -0.2) is 60.4 Å². The van der Waals surface area contributed by atoms with Crippen LogP contribution >= 0.6 is 0 Å². The van der Waals surface area contributed by atoms with Gasteiger partial charge in [-0.15, -0.1) is 0 Å². The SMILES string of the molecule is CCNC(=NCc1cccc(CN2CCCC2=O)c1)NC1CCN(CC2CCCC2)C1. The smallest absolute Gasteiger partial charge is 0.222 e. The molecule has 2 N–H and O–H groups in total. The highest BCUT2D eigenvalue weighted by molar-refractivity contribution is 5.80. The van der Waals surface area contributed by atoms with Gasteiger partial charge in [-0.2, -0.15) is 0 Å². The fourth-order valence-corrected chi connectivity index (χ4v) is 5.28. The normalized spacial score (nSPS) is 23.1. The molecule has 1 aromatic rings. The summed E-state index contributed by atoms with van der Waals surface area (Å²) in [5.41, 5.74) is 2.38. The third-order valence-corrected chi connectivity index (χ3v) is 6.90. The Balaban J connectivity index is 1.29. The standard InChI is InChI=1S/C25H39N5O/c1-2-26-25(28-23-12-14-29(19-23)17-20-7-3-4-8-20)27-16-21-9-5-10-22(15-21)18-30-13-6-11-24(30)31/h5,9-10,15,20,23H,2-4,6-8,11-14,16-19H2,1H3,(H2,26,27,28). The van der Waals surface area contributed by atoms with E-state index in [1.165, 1.54) is 56.3 Å². The van der Waals surface area contributed by atoms with Crippen molar-refractivity contribution in [2.75, 3.05) is 32.7 Å². The Morgan fingerprint density at radius 2 is 1.97 bits per heavy atom. The molecule has 1 aromatic carbocycles. The van der Waals surface area contributed by atoms with Crippen LogP contribution in [0.3, 0.4) is 0 Å². The molecule has 1 atom stereocenters. The van der Waals surface area contributed by atoms with E-state index in [9.17, 15) is 4.79 Å². The minimum Gasteiger partial charge on any atom is -0.357 e. The predicted molar refractivity (Wildman–Crippen MR) is 126 cm³/mol. The Morgan fingerprint density at radius 3 is 2.74 bits per heavy atom. The van der Waals surface area contributed by atoms with E-state index in [1.54, 1.807) is 0 Å². The van der Waals surface area contributed by atoms with Gasteiger partial charge in [0.2, 0.25) is 5.91 Å². The van der Waals surface area contributed by atoms with Crippen molar-refractivity contribution in [2.24, 2.45) is 10.9 Å². The summed E-state index contributed by atoms with van der Waals surface area (Å²) >= 11 is 0. The first-order chi connectivity index (χ1) is 15.2. The summed E-state index contributed by atoms with van der Waals surface area (Å²) in [6, 6.07) is 8.99. The molecule has 3 fully saturated rings. The third-order valence-electron chi connectivity index (χ3n) is 6.90. The van der Waals surface area contributed by atoms with Gasteiger partial charge in [-0.1, -0.05) is 37.1 Å². The zero-order chi connectivity index (χ0) is 21.5. The highest BCUT2D eigenvalue weighted by Gasteiger charge is 2.26. The van der Waals surface area contributed by atoms with E-state index in [2.05, 4.69) is 46.7 Å². The summed E-state index contributed by atoms with van der Waals surface area (Å²) in [6.45, 7) is 8.83. The first-order valence-electron chi connectivity index (χ1n) is 12.3. The van der Waals surface area contributed by atoms with E-state index in [0.29, 0.717) is 25.6 Å². The molecule has 31 heavy (non-hydrogen) atoms. The number of guanidine groups is 1. The Labute approximate surface area is 187 Å². The van der Waals surface area contributed by atoms with Gasteiger partial charge in [0.25, 0.3) is 0 Å². The number of carbonyl (C=O) groups excluding carboxylic acids is 1. The molecule has 2 aliphatic heterocycles. The molecule has 0 radical (unpaired) electrons. The Kier molecular flexibility index (Phi) is 7.84. The van der Waals surface area contributed by atoms with Crippen molar-refractivity contribution in [3.8, 4) is 0 Å². The highest BCUT2D eigenvalue weighted by Crippen LogP contribution is 2.26. The molecule has 4 rings (SSSR count). The van der Waals surface area contributed by atoms with Gasteiger partial charge in [0.15, 0.2) is 5.96 Å². The van der Waals surface area contributed by atoms with Crippen LogP contribution < -0.4 is 10.6 Å². The number of benzene rings is 1. The number of nitrogens with zero attached hydrogens (tertiary/aromatic N) is 3. The molecule has 2 saturated heterocycles. The predicted octanol–water partition coefficient (Wildman–Crippen LogP) is 3.13. The maximum Gasteiger partial charge on any atom is 0.222 e. The maximum absolute atomic E-state index is 11.9. The molecule has 0 spiro atoms. The molecule has 3 aliphatic rings. The van der Waals surface area contributed by atoms with Crippen molar-refractivity contribution in [1.82, 2.24) is 20.4 Å². The fraction of sp³-hybridized carbons (Fsp3) is 0.680. The van der Waals surface area contributed by atoms with Gasteiger partial charge in [0, 0.05) is 51.7 Å². The molecular weight excluding hydrogens is 386 g/mol. The van der Waals surface area contributed by atoms with E-state index in [1.807, 2.05) is 4.90 Å². The van der Waals surface area contributed by atoms with Crippen molar-refractivity contribution in [3.63, 3.8) is 0 Å². The Bertz CT molecular complexity index is 758. The Hall–Kier alpha value is -2.08. The van der Waals surface area contributed by atoms with Crippen molar-refractivity contribution >= 4 is 11.9 Å². The van der Waals surface area contributed by atoms with E-state index < -0.39 is 0 Å². The second-order valence-corrected chi connectivity index (χ2v) is 9.47. The fourth-order valence-electron chi connectivity index (χ4n) is 5.28. The second kappa shape index (κ2) is 11.0. The van der Waals surface area contributed by atoms with Gasteiger partial charge in [-0.05, 0) is 49.7 Å². The molecule has 170 valence electrons. The summed E-state index contributed by atoms with van der Waals surface area (Å²) in [5, 5.41) is 7.08. The number of aliphatic imine (C=N–C) groups is 1. The van der Waals surface area contributed by atoms with Crippen LogP contribution in [0.1, 0.15) is 63.0 Å². The summed E-state index contributed by atoms with van der Waals surface area (Å²) in [7, 11) is 0. The zero-order valence-electron chi connectivity index (χ0n) is 19.1. The average Bonchev–Trinajstić information content (AvgIpc) is 3.52. The molecule has 0 aromatic heterocycles. The topological polar surface area (TPSA) is 60.0 Å². The van der Waals surface area contributed by atoms with Gasteiger partial charge in [-0.25, -0.2) is 4.99 Å². The zero-order valence-corrected chi connectivity index (χ0v) is 19.1. The van der Waals surface area contributed by atoms with E-state index >= 15 is 0 Å². The van der Waals surface area contributed by atoms with Gasteiger partial charge in [-0.3, -0.25) is 4.79 Å². The third kappa shape index (κ3) is 6.45. The van der Waals surface area contributed by atoms with Crippen LogP contribution in [0, 0.1) is 5.92 Å². The monoisotopic (exact) mass is 425 g/mol. The summed E-state index contributed by atoms with van der Waals surface area (Å²) in [4.78, 5) is 21.4. The van der Waals surface area contributed by atoms with Crippen LogP contribution in [0.2, 0.25) is 0 Å². The largest absolute Gasteiger partial charge is 0.357 e. The lowest BCUT2D eigenvalue weighted by atomic mass is 10.1. The lowest BCUT2D eigenvalue weighted by Crippen LogP contribution is -2.44. The molecule has 0 bridgehead atoms. The molecule has 1 saturated carbocycles. The number of rotatable bonds is 8. The number of hydrogen-bond acceptors (Lipinski definition) is 3. The van der Waals surface area contributed by atoms with Crippen molar-refractivity contribution in [1.29, 1.82) is 0 Å². The van der Waals surface area contributed by atoms with Crippen LogP contribution in [0.4, 0.5) is 0 Å². The molecule has 1 amide bonds. The van der Waals surface area contributed by atoms with Gasteiger partial charge < -0.3 is 20.4 Å². The van der Waals surface area contributed by atoms with Crippen molar-refractivity contribution in [3.05, 3.63) is 35.4 Å². The molecule has 1 unspecified atom stereocenters. The van der Waals surface area contributed by atoms with Crippen LogP contribution in [0.5, 0.6) is 0 Å². The summed E-state index contributed by atoms with van der Waals surface area (Å²) in [6.07, 6.45) is 8.56. The molecule has 6 heteroatoms. The van der Waals surface area contributed by atoms with Crippen molar-refractivity contribution in [2.45, 2.75) is 71.0 Å². The van der Waals surface area contributed by atoms with Crippen LogP contribution in [0.25, 0.3) is 0 Å². The van der Waals surface area contributed by atoms with Gasteiger partial charge in [0.1, 0.15) is 0 Å². The highest BCUT2D eigenvalue weighted by atomic mass is 16.2. The van der Waals surface area contributed by atoms with E-state index in [0.717, 1.165) is 37.9 Å². The lowest BCUT2D eigenvalue weighted by Gasteiger charge is -2.21. The maximum atomic E-state index is 11.9. The lowest BCUT2D eigenvalue weighted by molar-refractivity contribution is -0.128. The minimum absolute atomic E-state index is 0.278. The van der Waals surface area contributed by atoms with E-state index in [-0.39, 0.29) is 5.91 Å². The second-order valence-electron chi connectivity index (χ2n) is 9.47. The molecular formula is C25H39N5O. The number of amides is 1. The van der Waals surface area contributed by atoms with Crippen molar-refractivity contribution < 1.29 is 4.79 Å². The van der Waals surface area contributed by atoms with Crippen LogP contribution in [-0.2, 0) is 17.9 Å². The number of likely N-dealkylation sites (tertiary alicyclic amines) is 2. The number of nitrogens with one attached hydrogen (secondary N) is 2. The number of hydrogen-bond donors (Lipinski definition) is 2. The summed E-state index contributed by atoms with van der Waals surface area (Å²) < 4.78 is 0. The van der Waals surface area contributed by atoms with Gasteiger partial charge in [0.05, 0.1) is 6.54 Å². The molecule has 2 heterocycles. The first kappa shape index (κ1) is 22.1. The number of carbonyl (C=O) groups is 1. The minimum atomic E-state index is 0.278. The average molecular weight is 426 g/mol. The Morgan fingerprint density at radius 1 is 1.13 bits per heavy atom. The quantitative estimate of drug-likeness (QED) is 0.496.